The third kappa shape index (κ3) is 2.43. The second kappa shape index (κ2) is 5.72. The molecule has 0 bridgehead atoms. The van der Waals surface area contributed by atoms with E-state index >= 15 is 0 Å². The number of nitrogen functional groups attached to an aromatic ring is 1. The number of primary amides is 1. The third-order valence-electron chi connectivity index (χ3n) is 4.03. The number of carbonyl (C=O) groups is 1. The van der Waals surface area contributed by atoms with Crippen LogP contribution in [-0.2, 0) is 0 Å². The number of halogens is 2. The minimum absolute atomic E-state index is 0.00610. The molecule has 3 aromatic rings. The van der Waals surface area contributed by atoms with E-state index in [2.05, 4.69) is 4.98 Å². The molecular weight excluding hydrogens is 367 g/mol. The van der Waals surface area contributed by atoms with Gasteiger partial charge in [0.05, 0.1) is 11.3 Å². The Kier molecular flexibility index (Phi) is 3.93. The van der Waals surface area contributed by atoms with Crippen LogP contribution in [0.5, 0.6) is 11.5 Å². The molecular formula is C16H14Cl2N4O3. The number of carbonyl (C=O) groups excluding carboxylic acids is 1. The molecule has 9 heteroatoms. The number of hydrogen-bond donors (Lipinski definition) is 4. The van der Waals surface area contributed by atoms with Gasteiger partial charge in [0.15, 0.2) is 0 Å². The summed E-state index contributed by atoms with van der Waals surface area (Å²) in [5.74, 6) is -1.59. The lowest BCUT2D eigenvalue weighted by Gasteiger charge is -2.14. The van der Waals surface area contributed by atoms with Crippen molar-refractivity contribution in [3.8, 4) is 17.2 Å². The van der Waals surface area contributed by atoms with Gasteiger partial charge in [0.2, 0.25) is 0 Å². The van der Waals surface area contributed by atoms with Crippen molar-refractivity contribution in [3.05, 3.63) is 39.0 Å². The van der Waals surface area contributed by atoms with E-state index in [1.165, 1.54) is 4.57 Å². The van der Waals surface area contributed by atoms with Crippen molar-refractivity contribution in [2.45, 2.75) is 13.8 Å². The summed E-state index contributed by atoms with van der Waals surface area (Å²) < 4.78 is 1.30. The van der Waals surface area contributed by atoms with E-state index in [0.29, 0.717) is 11.1 Å². The van der Waals surface area contributed by atoms with Crippen molar-refractivity contribution in [1.82, 2.24) is 9.55 Å². The molecule has 0 spiro atoms. The molecule has 6 N–H and O–H groups in total. The third-order valence-corrected chi connectivity index (χ3v) is 4.78. The highest BCUT2D eigenvalue weighted by atomic mass is 35.5. The molecule has 2 aromatic heterocycles. The van der Waals surface area contributed by atoms with E-state index in [-0.39, 0.29) is 32.8 Å². The van der Waals surface area contributed by atoms with Crippen LogP contribution in [0.3, 0.4) is 0 Å². The lowest BCUT2D eigenvalue weighted by Crippen LogP contribution is -2.13. The Labute approximate surface area is 152 Å². The van der Waals surface area contributed by atoms with Crippen LogP contribution in [-0.4, -0.2) is 25.7 Å². The Hall–Kier alpha value is -2.64. The number of hydrogen-bond acceptors (Lipinski definition) is 5. The number of benzene rings is 1. The summed E-state index contributed by atoms with van der Waals surface area (Å²) in [6, 6.07) is 2.74. The number of phenols is 2. The van der Waals surface area contributed by atoms with Crippen molar-refractivity contribution >= 4 is 46.0 Å². The molecule has 7 nitrogen and oxygen atoms in total. The topological polar surface area (TPSA) is 127 Å². The Balaban J connectivity index is 2.57. The number of nitrogens with zero attached hydrogens (tertiary/aromatic N) is 2. The Morgan fingerprint density at radius 3 is 2.24 bits per heavy atom. The minimum atomic E-state index is -0.747. The van der Waals surface area contributed by atoms with E-state index in [4.69, 9.17) is 34.7 Å². The van der Waals surface area contributed by atoms with Crippen LogP contribution in [0.25, 0.3) is 16.7 Å². The first kappa shape index (κ1) is 17.2. The zero-order valence-corrected chi connectivity index (χ0v) is 14.8. The molecule has 0 saturated heterocycles. The molecule has 0 fully saturated rings. The van der Waals surface area contributed by atoms with Crippen molar-refractivity contribution < 1.29 is 15.0 Å². The van der Waals surface area contributed by atoms with Crippen LogP contribution in [0.2, 0.25) is 10.0 Å². The van der Waals surface area contributed by atoms with Gasteiger partial charge in [-0.3, -0.25) is 9.36 Å². The van der Waals surface area contributed by atoms with Crippen molar-refractivity contribution in [2.24, 2.45) is 5.73 Å². The van der Waals surface area contributed by atoms with E-state index in [0.717, 1.165) is 11.6 Å². The fourth-order valence-corrected chi connectivity index (χ4v) is 3.20. The average molecular weight is 381 g/mol. The van der Waals surface area contributed by atoms with E-state index in [1.54, 1.807) is 13.0 Å². The number of fused-ring (bicyclic) bond motifs is 1. The van der Waals surface area contributed by atoms with Gasteiger partial charge in [-0.2, -0.15) is 0 Å². The summed E-state index contributed by atoms with van der Waals surface area (Å²) >= 11 is 12.3. The Bertz CT molecular complexity index is 1030. The Morgan fingerprint density at radius 1 is 1.16 bits per heavy atom. The highest BCUT2D eigenvalue weighted by molar-refractivity contribution is 6.40. The van der Waals surface area contributed by atoms with Gasteiger partial charge >= 0.3 is 0 Å². The molecule has 2 heterocycles. The van der Waals surface area contributed by atoms with E-state index in [9.17, 15) is 15.0 Å². The average Bonchev–Trinajstić information content (AvgIpc) is 2.78. The smallest absolute Gasteiger partial charge is 0.253 e. The van der Waals surface area contributed by atoms with Gasteiger partial charge in [0, 0.05) is 17.1 Å². The summed E-state index contributed by atoms with van der Waals surface area (Å²) in [5.41, 5.74) is 13.5. The Morgan fingerprint density at radius 2 is 1.72 bits per heavy atom. The second-order valence-corrected chi connectivity index (χ2v) is 6.37. The predicted octanol–water partition coefficient (Wildman–Crippen LogP) is 3.04. The highest BCUT2D eigenvalue weighted by Gasteiger charge is 2.26. The van der Waals surface area contributed by atoms with Crippen LogP contribution >= 0.6 is 23.2 Å². The zero-order valence-electron chi connectivity index (χ0n) is 13.3. The summed E-state index contributed by atoms with van der Waals surface area (Å²) in [5, 5.41) is 20.0. The van der Waals surface area contributed by atoms with Crippen molar-refractivity contribution in [2.75, 3.05) is 5.73 Å². The molecule has 1 aromatic carbocycles. The molecule has 3 rings (SSSR count). The molecule has 0 aliphatic rings. The number of phenolic OH excluding ortho intramolecular Hbond substituents is 2. The first-order valence-electron chi connectivity index (χ1n) is 7.13. The fraction of sp³-hybridized carbons (Fsp3) is 0.125. The number of rotatable bonds is 2. The lowest BCUT2D eigenvalue weighted by atomic mass is 10.1. The maximum absolute atomic E-state index is 11.9. The van der Waals surface area contributed by atoms with Crippen LogP contribution in [0.15, 0.2) is 12.1 Å². The van der Waals surface area contributed by atoms with Gasteiger partial charge in [-0.1, -0.05) is 23.2 Å². The summed E-state index contributed by atoms with van der Waals surface area (Å²) in [4.78, 5) is 16.4. The SMILES string of the molecule is Cc1cc2c(C(N)=O)c(N)n(-c3c(Cl)c(O)cc(O)c3Cl)c2nc1C. The molecule has 0 aliphatic heterocycles. The summed E-state index contributed by atoms with van der Waals surface area (Å²) in [6.45, 7) is 3.62. The van der Waals surface area contributed by atoms with Gasteiger partial charge in [-0.05, 0) is 25.5 Å². The first-order chi connectivity index (χ1) is 11.6. The van der Waals surface area contributed by atoms with E-state index in [1.807, 2.05) is 6.92 Å². The quantitative estimate of drug-likeness (QED) is 0.543. The van der Waals surface area contributed by atoms with Crippen LogP contribution in [0.1, 0.15) is 21.6 Å². The maximum atomic E-state index is 11.9. The molecule has 130 valence electrons. The molecule has 0 unspecified atom stereocenters. The standard InChI is InChI=1S/C16H14Cl2N4O3/c1-5-3-7-10(15(20)25)14(19)22(16(7)21-6(5)2)13-11(17)8(23)4-9(24)12(13)18/h3-4,23-24H,19H2,1-2H3,(H2,20,25). The second-order valence-electron chi connectivity index (χ2n) is 5.61. The maximum Gasteiger partial charge on any atom is 0.253 e. The lowest BCUT2D eigenvalue weighted by molar-refractivity contribution is 0.100. The number of pyridine rings is 1. The molecule has 0 atom stereocenters. The number of aryl methyl sites for hydroxylation is 2. The van der Waals surface area contributed by atoms with Gasteiger partial charge in [0.1, 0.15) is 33.0 Å². The van der Waals surface area contributed by atoms with Gasteiger partial charge in [-0.25, -0.2) is 4.98 Å². The molecule has 0 radical (unpaired) electrons. The monoisotopic (exact) mass is 380 g/mol. The number of anilines is 1. The van der Waals surface area contributed by atoms with Crippen molar-refractivity contribution in [3.63, 3.8) is 0 Å². The normalized spacial score (nSPS) is 11.2. The minimum Gasteiger partial charge on any atom is -0.506 e. The molecule has 0 aliphatic carbocycles. The number of nitrogens with two attached hydrogens (primary N) is 2. The largest absolute Gasteiger partial charge is 0.506 e. The zero-order chi connectivity index (χ0) is 18.6. The highest BCUT2D eigenvalue weighted by Crippen LogP contribution is 2.44. The van der Waals surface area contributed by atoms with Crippen LogP contribution in [0.4, 0.5) is 5.82 Å². The number of aromatic hydroxyl groups is 2. The molecule has 25 heavy (non-hydrogen) atoms. The molecule has 0 saturated carbocycles. The van der Waals surface area contributed by atoms with Crippen molar-refractivity contribution in [1.29, 1.82) is 0 Å². The van der Waals surface area contributed by atoms with Gasteiger partial charge in [0.25, 0.3) is 5.91 Å². The number of aromatic nitrogens is 2. The number of amides is 1. The summed E-state index contributed by atoms with van der Waals surface area (Å²) in [7, 11) is 0. The van der Waals surface area contributed by atoms with E-state index < -0.39 is 17.4 Å². The van der Waals surface area contributed by atoms with Crippen LogP contribution < -0.4 is 11.5 Å². The van der Waals surface area contributed by atoms with Gasteiger partial charge < -0.3 is 21.7 Å². The first-order valence-corrected chi connectivity index (χ1v) is 7.89. The van der Waals surface area contributed by atoms with Crippen LogP contribution in [0, 0.1) is 13.8 Å². The fourth-order valence-electron chi connectivity index (χ4n) is 2.69. The molecule has 1 amide bonds. The predicted molar refractivity (Wildman–Crippen MR) is 96.8 cm³/mol. The summed E-state index contributed by atoms with van der Waals surface area (Å²) in [6.07, 6.45) is 0. The van der Waals surface area contributed by atoms with Gasteiger partial charge in [-0.15, -0.1) is 0 Å².